The molecule has 0 aromatic carbocycles. The summed E-state index contributed by atoms with van der Waals surface area (Å²) in [6.45, 7) is 1.50. The van der Waals surface area contributed by atoms with Crippen molar-refractivity contribution < 1.29 is 9.53 Å². The summed E-state index contributed by atoms with van der Waals surface area (Å²) in [5.74, 6) is -0.586. The molecule has 0 aliphatic heterocycles. The number of alkyl halides is 2. The van der Waals surface area contributed by atoms with Crippen LogP contribution in [0.5, 0.6) is 0 Å². The van der Waals surface area contributed by atoms with Crippen LogP contribution in [0.1, 0.15) is 17.3 Å². The fourth-order valence-electron chi connectivity index (χ4n) is 0.684. The van der Waals surface area contributed by atoms with Crippen LogP contribution in [-0.2, 0) is 4.74 Å². The van der Waals surface area contributed by atoms with E-state index >= 15 is 0 Å². The maximum Gasteiger partial charge on any atom is 0.343 e. The first-order valence-corrected chi connectivity index (χ1v) is 4.69. The van der Waals surface area contributed by atoms with Crippen molar-refractivity contribution in [2.24, 2.45) is 0 Å². The Hall–Kier alpha value is -0.870. The monoisotopic (exact) mass is 234 g/mol. The standard InChI is InChI=1S/C8H8Cl2N2O2/c1-8(10,4-9)14-7(13)6-2-11-5-12-3-6/h2-3,5H,4H2,1H3. The summed E-state index contributed by atoms with van der Waals surface area (Å²) in [4.78, 5) is 18.7. The molecule has 0 bridgehead atoms. The van der Waals surface area contributed by atoms with Gasteiger partial charge in [-0.2, -0.15) is 0 Å². The fraction of sp³-hybridized carbons (Fsp3) is 0.375. The molecule has 6 heteroatoms. The van der Waals surface area contributed by atoms with E-state index in [4.69, 9.17) is 27.9 Å². The molecule has 0 aliphatic rings. The van der Waals surface area contributed by atoms with Crippen LogP contribution in [0.25, 0.3) is 0 Å². The van der Waals surface area contributed by atoms with E-state index in [2.05, 4.69) is 9.97 Å². The molecule has 1 aromatic heterocycles. The van der Waals surface area contributed by atoms with E-state index < -0.39 is 11.0 Å². The Morgan fingerprint density at radius 3 is 2.64 bits per heavy atom. The smallest absolute Gasteiger partial charge is 0.343 e. The van der Waals surface area contributed by atoms with Crippen molar-refractivity contribution in [3.63, 3.8) is 0 Å². The topological polar surface area (TPSA) is 52.1 Å². The third-order valence-corrected chi connectivity index (χ3v) is 2.20. The van der Waals surface area contributed by atoms with Gasteiger partial charge in [0.15, 0.2) is 5.06 Å². The van der Waals surface area contributed by atoms with Crippen LogP contribution < -0.4 is 0 Å². The molecule has 0 N–H and O–H groups in total. The SMILES string of the molecule is CC(Cl)(CCl)OC(=O)c1cncnc1. The van der Waals surface area contributed by atoms with Gasteiger partial charge in [0.2, 0.25) is 0 Å². The summed E-state index contributed by atoms with van der Waals surface area (Å²) in [7, 11) is 0. The van der Waals surface area contributed by atoms with E-state index in [1.54, 1.807) is 0 Å². The molecule has 0 saturated carbocycles. The lowest BCUT2D eigenvalue weighted by atomic mass is 10.3. The lowest BCUT2D eigenvalue weighted by molar-refractivity contribution is 0.0284. The van der Waals surface area contributed by atoms with E-state index in [1.165, 1.54) is 25.6 Å². The molecule has 1 atom stereocenters. The van der Waals surface area contributed by atoms with E-state index in [-0.39, 0.29) is 11.4 Å². The number of carbonyl (C=O) groups excluding carboxylic acids is 1. The highest BCUT2D eigenvalue weighted by Gasteiger charge is 2.25. The van der Waals surface area contributed by atoms with Gasteiger partial charge in [0.1, 0.15) is 6.33 Å². The minimum Gasteiger partial charge on any atom is -0.438 e. The average Bonchev–Trinajstić information content (AvgIpc) is 2.19. The molecule has 0 radical (unpaired) electrons. The van der Waals surface area contributed by atoms with Gasteiger partial charge in [0, 0.05) is 12.4 Å². The van der Waals surface area contributed by atoms with Crippen LogP contribution in [-0.4, -0.2) is 26.9 Å². The summed E-state index contributed by atoms with van der Waals surface area (Å²) >= 11 is 11.2. The van der Waals surface area contributed by atoms with Gasteiger partial charge in [-0.05, 0) is 6.92 Å². The Morgan fingerprint density at radius 2 is 2.14 bits per heavy atom. The summed E-state index contributed by atoms with van der Waals surface area (Å²) < 4.78 is 4.89. The molecule has 1 rings (SSSR count). The van der Waals surface area contributed by atoms with E-state index in [1.807, 2.05) is 0 Å². The van der Waals surface area contributed by atoms with E-state index in [0.717, 1.165) is 0 Å². The molecular weight excluding hydrogens is 227 g/mol. The Bertz CT molecular complexity index is 316. The van der Waals surface area contributed by atoms with Crippen LogP contribution in [0.15, 0.2) is 18.7 Å². The summed E-state index contributed by atoms with van der Waals surface area (Å²) in [5.41, 5.74) is 0.240. The second-order valence-electron chi connectivity index (χ2n) is 2.75. The number of hydrogen-bond acceptors (Lipinski definition) is 4. The van der Waals surface area contributed by atoms with Gasteiger partial charge >= 0.3 is 5.97 Å². The Labute approximate surface area is 91.2 Å². The second kappa shape index (κ2) is 4.57. The molecule has 1 unspecified atom stereocenters. The molecule has 1 heterocycles. The van der Waals surface area contributed by atoms with Crippen LogP contribution in [0, 0.1) is 0 Å². The molecule has 0 amide bonds. The highest BCUT2D eigenvalue weighted by molar-refractivity contribution is 6.30. The zero-order valence-electron chi connectivity index (χ0n) is 7.41. The number of ether oxygens (including phenoxy) is 1. The van der Waals surface area contributed by atoms with Crippen molar-refractivity contribution in [3.8, 4) is 0 Å². The maximum atomic E-state index is 11.4. The van der Waals surface area contributed by atoms with Gasteiger partial charge in [-0.1, -0.05) is 11.6 Å². The minimum atomic E-state index is -1.20. The Balaban J connectivity index is 2.69. The molecular formula is C8H8Cl2N2O2. The highest BCUT2D eigenvalue weighted by Crippen LogP contribution is 2.19. The molecule has 0 aliphatic carbocycles. The van der Waals surface area contributed by atoms with Crippen molar-refractivity contribution in [1.82, 2.24) is 9.97 Å². The van der Waals surface area contributed by atoms with Gasteiger partial charge in [-0.15, -0.1) is 11.6 Å². The van der Waals surface area contributed by atoms with Gasteiger partial charge < -0.3 is 4.74 Å². The van der Waals surface area contributed by atoms with Crippen molar-refractivity contribution in [1.29, 1.82) is 0 Å². The molecule has 1 aromatic rings. The van der Waals surface area contributed by atoms with Crippen LogP contribution >= 0.6 is 23.2 Å². The quantitative estimate of drug-likeness (QED) is 0.592. The van der Waals surface area contributed by atoms with Crippen LogP contribution in [0.3, 0.4) is 0 Å². The third kappa shape index (κ3) is 3.12. The van der Waals surface area contributed by atoms with E-state index in [0.29, 0.717) is 0 Å². The van der Waals surface area contributed by atoms with Crippen molar-refractivity contribution in [2.45, 2.75) is 12.0 Å². The van der Waals surface area contributed by atoms with Crippen molar-refractivity contribution in [3.05, 3.63) is 24.3 Å². The number of rotatable bonds is 3. The zero-order chi connectivity index (χ0) is 10.6. The number of carbonyl (C=O) groups is 1. The number of aromatic nitrogens is 2. The maximum absolute atomic E-state index is 11.4. The summed E-state index contributed by atoms with van der Waals surface area (Å²) in [6.07, 6.45) is 4.01. The summed E-state index contributed by atoms with van der Waals surface area (Å²) in [6, 6.07) is 0. The third-order valence-electron chi connectivity index (χ3n) is 1.34. The lowest BCUT2D eigenvalue weighted by Gasteiger charge is -2.18. The molecule has 4 nitrogen and oxygen atoms in total. The molecule has 0 saturated heterocycles. The number of hydrogen-bond donors (Lipinski definition) is 0. The predicted molar refractivity (Wildman–Crippen MR) is 52.4 cm³/mol. The largest absolute Gasteiger partial charge is 0.438 e. The Kier molecular flexibility index (Phi) is 3.66. The normalized spacial score (nSPS) is 14.5. The fourth-order valence-corrected chi connectivity index (χ4v) is 0.809. The molecule has 0 fully saturated rings. The van der Waals surface area contributed by atoms with Gasteiger partial charge in [-0.25, -0.2) is 14.8 Å². The molecule has 76 valence electrons. The molecule has 14 heavy (non-hydrogen) atoms. The average molecular weight is 235 g/mol. The minimum absolute atomic E-state index is 0.00792. The van der Waals surface area contributed by atoms with E-state index in [9.17, 15) is 4.79 Å². The first-order valence-electron chi connectivity index (χ1n) is 3.78. The van der Waals surface area contributed by atoms with Crippen LogP contribution in [0.4, 0.5) is 0 Å². The van der Waals surface area contributed by atoms with Crippen molar-refractivity contribution in [2.75, 3.05) is 5.88 Å². The first kappa shape index (κ1) is 11.2. The predicted octanol–water partition coefficient (Wildman–Crippen LogP) is 1.83. The summed E-state index contributed by atoms with van der Waals surface area (Å²) in [5, 5.41) is -1.20. The van der Waals surface area contributed by atoms with Gasteiger partial charge in [-0.3, -0.25) is 0 Å². The molecule has 0 spiro atoms. The van der Waals surface area contributed by atoms with Crippen LogP contribution in [0.2, 0.25) is 0 Å². The first-order chi connectivity index (χ1) is 6.55. The van der Waals surface area contributed by atoms with Crippen molar-refractivity contribution >= 4 is 29.2 Å². The Morgan fingerprint density at radius 1 is 1.57 bits per heavy atom. The highest BCUT2D eigenvalue weighted by atomic mass is 35.5. The number of halogens is 2. The number of esters is 1. The van der Waals surface area contributed by atoms with Gasteiger partial charge in [0.05, 0.1) is 11.4 Å². The zero-order valence-corrected chi connectivity index (χ0v) is 8.92. The lowest BCUT2D eigenvalue weighted by Crippen LogP contribution is -2.27. The number of nitrogens with zero attached hydrogens (tertiary/aromatic N) is 2. The second-order valence-corrected chi connectivity index (χ2v) is 3.82. The van der Waals surface area contributed by atoms with Gasteiger partial charge in [0.25, 0.3) is 0 Å².